The zero-order valence-electron chi connectivity index (χ0n) is 23.4. The number of aryl methyl sites for hydroxylation is 2. The summed E-state index contributed by atoms with van der Waals surface area (Å²) in [4.78, 5) is 8.12. The van der Waals surface area contributed by atoms with Gasteiger partial charge in [-0.3, -0.25) is 0 Å². The number of benzene rings is 3. The van der Waals surface area contributed by atoms with Gasteiger partial charge >= 0.3 is 12.8 Å². The van der Waals surface area contributed by atoms with Gasteiger partial charge in [0.2, 0.25) is 0 Å². The van der Waals surface area contributed by atoms with Crippen LogP contribution in [0.1, 0.15) is 23.0 Å². The molecular weight excluding hydrogens is 609 g/mol. The first-order chi connectivity index (χ1) is 20.7. The van der Waals surface area contributed by atoms with Crippen LogP contribution in [0.4, 0.5) is 22.0 Å². The van der Waals surface area contributed by atoms with E-state index in [1.54, 1.807) is 31.2 Å². The number of aliphatic hydroxyl groups excluding tert-OH is 1. The average Bonchev–Trinajstić information content (AvgIpc) is 3.54. The Hall–Kier alpha value is -4.56. The van der Waals surface area contributed by atoms with E-state index < -0.39 is 34.9 Å². The highest BCUT2D eigenvalue weighted by Crippen LogP contribution is 2.40. The maximum Gasteiger partial charge on any atom is 0.434 e. The topological polar surface area (TPSA) is 107 Å². The number of halogens is 5. The van der Waals surface area contributed by atoms with Crippen LogP contribution in [0.25, 0.3) is 39.4 Å². The minimum atomic E-state index is -4.70. The zero-order chi connectivity index (χ0) is 32.0. The summed E-state index contributed by atoms with van der Waals surface area (Å²) in [6, 6.07) is 14.8. The third-order valence-electron chi connectivity index (χ3n) is 6.73. The van der Waals surface area contributed by atoms with Crippen molar-refractivity contribution in [2.24, 2.45) is 0 Å². The molecular formula is C30H24F5N3O5S. The number of sulfone groups is 1. The molecule has 44 heavy (non-hydrogen) atoms. The number of aromatic nitrogens is 3. The molecule has 8 nitrogen and oxygen atoms in total. The quantitative estimate of drug-likeness (QED) is 0.184. The standard InChI is InChI=1S/C30H24F5N3O5S/c1-16-36-26(30(33,34)35)14-38(16)24-11-8-19(20-4-5-21(15-39)25(13-20)44(3,40)41)12-23(24)27-28(42-17(2)37-27)18-6-9-22(10-7-18)43-29(31)32/h4-14,29,39H,15H2,1-3H3. The fraction of sp³-hybridized carbons (Fsp3) is 0.200. The van der Waals surface area contributed by atoms with Crippen molar-refractivity contribution in [1.29, 1.82) is 0 Å². The highest BCUT2D eigenvalue weighted by molar-refractivity contribution is 7.90. The molecule has 2 heterocycles. The number of oxazole rings is 1. The first-order valence-corrected chi connectivity index (χ1v) is 14.8. The minimum Gasteiger partial charge on any atom is -0.440 e. The van der Waals surface area contributed by atoms with Gasteiger partial charge in [-0.25, -0.2) is 18.4 Å². The Morgan fingerprint density at radius 1 is 0.955 bits per heavy atom. The molecule has 5 aromatic rings. The summed E-state index contributed by atoms with van der Waals surface area (Å²) in [6.07, 6.45) is -2.83. The minimum absolute atomic E-state index is 0.0354. The molecule has 0 radical (unpaired) electrons. The third kappa shape index (κ3) is 6.21. The van der Waals surface area contributed by atoms with E-state index in [0.717, 1.165) is 12.5 Å². The molecule has 230 valence electrons. The van der Waals surface area contributed by atoms with E-state index in [0.29, 0.717) is 22.3 Å². The second kappa shape index (κ2) is 11.5. The average molecular weight is 634 g/mol. The molecule has 0 aliphatic carbocycles. The Bertz CT molecular complexity index is 1950. The van der Waals surface area contributed by atoms with Crippen LogP contribution < -0.4 is 4.74 Å². The van der Waals surface area contributed by atoms with Gasteiger partial charge in [0.15, 0.2) is 27.2 Å². The Kier molecular flexibility index (Phi) is 8.07. The van der Waals surface area contributed by atoms with E-state index in [4.69, 9.17) is 4.42 Å². The fourth-order valence-corrected chi connectivity index (χ4v) is 5.72. The summed E-state index contributed by atoms with van der Waals surface area (Å²) >= 11 is 0. The molecule has 3 aromatic carbocycles. The second-order valence-corrected chi connectivity index (χ2v) is 11.8. The van der Waals surface area contributed by atoms with Crippen LogP contribution >= 0.6 is 0 Å². The highest BCUT2D eigenvalue weighted by atomic mass is 32.2. The van der Waals surface area contributed by atoms with Gasteiger partial charge in [0.1, 0.15) is 17.3 Å². The third-order valence-corrected chi connectivity index (χ3v) is 7.91. The molecule has 0 fully saturated rings. The Morgan fingerprint density at radius 3 is 2.18 bits per heavy atom. The number of aliphatic hydroxyl groups is 1. The van der Waals surface area contributed by atoms with E-state index in [-0.39, 0.29) is 45.1 Å². The van der Waals surface area contributed by atoms with Crippen molar-refractivity contribution in [2.45, 2.75) is 38.1 Å². The number of ether oxygens (including phenoxy) is 1. The van der Waals surface area contributed by atoms with Crippen molar-refractivity contribution < 1.29 is 44.6 Å². The number of hydrogen-bond acceptors (Lipinski definition) is 7. The number of alkyl halides is 5. The summed E-state index contributed by atoms with van der Waals surface area (Å²) in [5.41, 5.74) is 1.25. The zero-order valence-corrected chi connectivity index (χ0v) is 24.2. The molecule has 0 atom stereocenters. The molecule has 0 saturated carbocycles. The van der Waals surface area contributed by atoms with Crippen molar-refractivity contribution in [2.75, 3.05) is 6.26 Å². The number of nitrogens with zero attached hydrogens (tertiary/aromatic N) is 3. The van der Waals surface area contributed by atoms with Crippen LogP contribution in [0, 0.1) is 13.8 Å². The molecule has 5 rings (SSSR count). The van der Waals surface area contributed by atoms with Gasteiger partial charge in [-0.05, 0) is 66.1 Å². The van der Waals surface area contributed by atoms with Crippen LogP contribution in [0.2, 0.25) is 0 Å². The van der Waals surface area contributed by atoms with Crippen molar-refractivity contribution in [3.8, 4) is 45.1 Å². The van der Waals surface area contributed by atoms with Gasteiger partial charge < -0.3 is 18.8 Å². The summed E-state index contributed by atoms with van der Waals surface area (Å²) in [5, 5.41) is 9.67. The van der Waals surface area contributed by atoms with E-state index in [1.165, 1.54) is 47.9 Å². The van der Waals surface area contributed by atoms with Crippen LogP contribution in [-0.4, -0.2) is 40.9 Å². The number of rotatable bonds is 8. The Morgan fingerprint density at radius 2 is 1.59 bits per heavy atom. The van der Waals surface area contributed by atoms with Crippen molar-refractivity contribution >= 4 is 9.84 Å². The number of hydrogen-bond donors (Lipinski definition) is 1. The van der Waals surface area contributed by atoms with Gasteiger partial charge in [-0.2, -0.15) is 22.0 Å². The molecule has 0 unspecified atom stereocenters. The molecule has 0 aliphatic heterocycles. The van der Waals surface area contributed by atoms with Gasteiger partial charge in [0, 0.05) is 30.5 Å². The lowest BCUT2D eigenvalue weighted by Gasteiger charge is -2.15. The molecule has 0 spiro atoms. The fourth-order valence-electron chi connectivity index (χ4n) is 4.77. The smallest absolute Gasteiger partial charge is 0.434 e. The molecule has 0 aliphatic rings. The maximum absolute atomic E-state index is 13.6. The van der Waals surface area contributed by atoms with Crippen molar-refractivity contribution in [3.63, 3.8) is 0 Å². The van der Waals surface area contributed by atoms with E-state index in [2.05, 4.69) is 14.7 Å². The van der Waals surface area contributed by atoms with Gasteiger partial charge in [0.05, 0.1) is 17.2 Å². The van der Waals surface area contributed by atoms with E-state index in [9.17, 15) is 35.5 Å². The van der Waals surface area contributed by atoms with Crippen LogP contribution in [0.3, 0.4) is 0 Å². The predicted octanol–water partition coefficient (Wildman–Crippen LogP) is 6.99. The summed E-state index contributed by atoms with van der Waals surface area (Å²) in [7, 11) is -3.72. The lowest BCUT2D eigenvalue weighted by Crippen LogP contribution is -2.05. The maximum atomic E-state index is 13.6. The summed E-state index contributed by atoms with van der Waals surface area (Å²) < 4.78 is 103. The van der Waals surface area contributed by atoms with Crippen molar-refractivity contribution in [3.05, 3.63) is 89.8 Å². The Balaban J connectivity index is 1.74. The van der Waals surface area contributed by atoms with Crippen LogP contribution in [0.15, 0.2) is 76.2 Å². The SMILES string of the molecule is Cc1nc(-c2cc(-c3ccc(CO)c(S(C)(=O)=O)c3)ccc2-n2cc(C(F)(F)F)nc2C)c(-c2ccc(OC(F)F)cc2)o1. The van der Waals surface area contributed by atoms with Crippen LogP contribution in [0.5, 0.6) is 5.75 Å². The molecule has 0 saturated heterocycles. The van der Waals surface area contributed by atoms with Gasteiger partial charge in [0.25, 0.3) is 0 Å². The lowest BCUT2D eigenvalue weighted by molar-refractivity contribution is -0.141. The molecule has 2 aromatic heterocycles. The summed E-state index contributed by atoms with van der Waals surface area (Å²) in [5.74, 6) is 0.356. The van der Waals surface area contributed by atoms with E-state index in [1.807, 2.05) is 0 Å². The molecule has 1 N–H and O–H groups in total. The summed E-state index contributed by atoms with van der Waals surface area (Å²) in [6.45, 7) is -0.544. The molecule has 14 heteroatoms. The van der Waals surface area contributed by atoms with Gasteiger partial charge in [-0.1, -0.05) is 18.2 Å². The highest BCUT2D eigenvalue weighted by Gasteiger charge is 2.35. The first-order valence-electron chi connectivity index (χ1n) is 12.9. The van der Waals surface area contributed by atoms with Crippen LogP contribution in [-0.2, 0) is 22.6 Å². The monoisotopic (exact) mass is 633 g/mol. The lowest BCUT2D eigenvalue weighted by atomic mass is 9.97. The predicted molar refractivity (Wildman–Crippen MR) is 150 cm³/mol. The van der Waals surface area contributed by atoms with Crippen molar-refractivity contribution in [1.82, 2.24) is 14.5 Å². The Labute approximate surface area is 248 Å². The van der Waals surface area contributed by atoms with Gasteiger partial charge in [-0.15, -0.1) is 0 Å². The first kappa shape index (κ1) is 30.9. The normalized spacial score (nSPS) is 12.2. The largest absolute Gasteiger partial charge is 0.440 e. The molecule has 0 bridgehead atoms. The number of imidazole rings is 1. The van der Waals surface area contributed by atoms with E-state index >= 15 is 0 Å². The second-order valence-electron chi connectivity index (χ2n) is 9.84. The molecule has 0 amide bonds.